The van der Waals surface area contributed by atoms with Crippen LogP contribution in [0.3, 0.4) is 0 Å². The number of fused-ring (bicyclic) bond motifs is 1. The molecule has 29 heavy (non-hydrogen) atoms. The third-order valence-electron chi connectivity index (χ3n) is 6.88. The molecule has 0 saturated carbocycles. The quantitative estimate of drug-likeness (QED) is 0.825. The van der Waals surface area contributed by atoms with Gasteiger partial charge in [-0.15, -0.1) is 0 Å². The van der Waals surface area contributed by atoms with Gasteiger partial charge in [0.15, 0.2) is 11.5 Å². The lowest BCUT2D eigenvalue weighted by Crippen LogP contribution is -2.54. The van der Waals surface area contributed by atoms with Gasteiger partial charge < -0.3 is 29.3 Å². The number of hydrogen-bond acceptors (Lipinski definition) is 5. The highest BCUT2D eigenvalue weighted by atomic mass is 16.6. The van der Waals surface area contributed by atoms with Crippen molar-refractivity contribution in [2.45, 2.75) is 50.2 Å². The van der Waals surface area contributed by atoms with Crippen LogP contribution in [-0.2, 0) is 4.74 Å². The maximum atomic E-state index is 12.8. The molecule has 3 saturated heterocycles. The largest absolute Gasteiger partial charge is 0.486 e. The first-order valence-corrected chi connectivity index (χ1v) is 11.0. The molecular formula is C22H31N3O4. The smallest absolute Gasteiger partial charge is 0.321 e. The Morgan fingerprint density at radius 1 is 1.00 bits per heavy atom. The molecule has 7 heteroatoms. The first-order chi connectivity index (χ1) is 14.2. The molecule has 7 nitrogen and oxygen atoms in total. The Bertz CT molecular complexity index is 742. The van der Waals surface area contributed by atoms with Crippen molar-refractivity contribution in [3.05, 3.63) is 18.2 Å². The summed E-state index contributed by atoms with van der Waals surface area (Å²) in [4.78, 5) is 17.3. The van der Waals surface area contributed by atoms with E-state index in [1.807, 2.05) is 23.1 Å². The Kier molecular flexibility index (Phi) is 5.26. The summed E-state index contributed by atoms with van der Waals surface area (Å²) in [5.41, 5.74) is 0.696. The van der Waals surface area contributed by atoms with Gasteiger partial charge in [0.2, 0.25) is 0 Å². The van der Waals surface area contributed by atoms with Crippen LogP contribution >= 0.6 is 0 Å². The lowest BCUT2D eigenvalue weighted by molar-refractivity contribution is -0.127. The molecule has 4 aliphatic heterocycles. The minimum atomic E-state index is -0.0524. The number of carbonyl (C=O) groups is 1. The molecule has 2 amide bonds. The van der Waals surface area contributed by atoms with Crippen LogP contribution in [0, 0.1) is 0 Å². The summed E-state index contributed by atoms with van der Waals surface area (Å²) in [5, 5.41) is 3.01. The van der Waals surface area contributed by atoms with Gasteiger partial charge in [-0.1, -0.05) is 0 Å². The Morgan fingerprint density at radius 3 is 2.55 bits per heavy atom. The number of anilines is 1. The lowest BCUT2D eigenvalue weighted by atomic mass is 9.82. The van der Waals surface area contributed by atoms with Crippen molar-refractivity contribution in [3.63, 3.8) is 0 Å². The fraction of sp³-hybridized carbons (Fsp3) is 0.682. The minimum absolute atomic E-state index is 0.0424. The van der Waals surface area contributed by atoms with Crippen molar-refractivity contribution in [3.8, 4) is 11.5 Å². The molecule has 0 radical (unpaired) electrons. The van der Waals surface area contributed by atoms with Crippen molar-refractivity contribution < 1.29 is 19.0 Å². The zero-order chi connectivity index (χ0) is 19.7. The van der Waals surface area contributed by atoms with Gasteiger partial charge in [-0.2, -0.15) is 0 Å². The van der Waals surface area contributed by atoms with Gasteiger partial charge in [-0.25, -0.2) is 4.79 Å². The second kappa shape index (κ2) is 8.03. The van der Waals surface area contributed by atoms with Crippen LogP contribution in [-0.4, -0.2) is 73.5 Å². The highest BCUT2D eigenvalue weighted by Crippen LogP contribution is 2.38. The third kappa shape index (κ3) is 4.03. The second-order valence-electron chi connectivity index (χ2n) is 8.70. The van der Waals surface area contributed by atoms with Gasteiger partial charge in [0.05, 0.1) is 5.60 Å². The summed E-state index contributed by atoms with van der Waals surface area (Å²) in [5.74, 6) is 1.42. The number of nitrogens with zero attached hydrogens (tertiary/aromatic N) is 2. The van der Waals surface area contributed by atoms with Crippen LogP contribution in [0.2, 0.25) is 0 Å². The van der Waals surface area contributed by atoms with Gasteiger partial charge >= 0.3 is 6.03 Å². The molecule has 1 spiro atoms. The summed E-state index contributed by atoms with van der Waals surface area (Å²) in [6.45, 7) is 5.92. The number of ether oxygens (including phenoxy) is 3. The van der Waals surface area contributed by atoms with E-state index in [4.69, 9.17) is 14.2 Å². The standard InChI is InChI=1S/C22H31N3O4/c26-21(23-17-3-4-19-20(15-17)28-14-13-27-19)25-10-6-22(7-11-25)16-18(5-12-29-22)24-8-1-2-9-24/h3-4,15,18H,1-2,5-14,16H2,(H,23,26). The van der Waals surface area contributed by atoms with Crippen LogP contribution in [0.15, 0.2) is 18.2 Å². The number of nitrogens with one attached hydrogen (secondary N) is 1. The van der Waals surface area contributed by atoms with Gasteiger partial charge in [0.25, 0.3) is 0 Å². The van der Waals surface area contributed by atoms with Gasteiger partial charge in [0, 0.05) is 37.5 Å². The zero-order valence-corrected chi connectivity index (χ0v) is 17.0. The van der Waals surface area contributed by atoms with E-state index in [-0.39, 0.29) is 11.6 Å². The van der Waals surface area contributed by atoms with Gasteiger partial charge in [-0.3, -0.25) is 0 Å². The van der Waals surface area contributed by atoms with Crippen molar-refractivity contribution in [2.24, 2.45) is 0 Å². The van der Waals surface area contributed by atoms with E-state index in [0.717, 1.165) is 56.8 Å². The highest BCUT2D eigenvalue weighted by Gasteiger charge is 2.42. The minimum Gasteiger partial charge on any atom is -0.486 e. The number of piperidine rings is 1. The topological polar surface area (TPSA) is 63.3 Å². The van der Waals surface area contributed by atoms with Crippen LogP contribution in [0.4, 0.5) is 10.5 Å². The van der Waals surface area contributed by atoms with Crippen molar-refractivity contribution in [2.75, 3.05) is 51.3 Å². The molecule has 1 N–H and O–H groups in total. The number of hydrogen-bond donors (Lipinski definition) is 1. The SMILES string of the molecule is O=C(Nc1ccc2c(c1)OCCO2)N1CCC2(CC1)CC(N1CCCC1)CCO2. The molecule has 1 aromatic rings. The molecule has 1 aromatic carbocycles. The number of carbonyl (C=O) groups excluding carboxylic acids is 1. The first kappa shape index (κ1) is 19.0. The van der Waals surface area contributed by atoms with Crippen molar-refractivity contribution >= 4 is 11.7 Å². The number of amides is 2. The average molecular weight is 402 g/mol. The number of benzene rings is 1. The number of urea groups is 1. The van der Waals surface area contributed by atoms with Crippen LogP contribution in [0.5, 0.6) is 11.5 Å². The Labute approximate surface area is 172 Å². The predicted octanol–water partition coefficient (Wildman–Crippen LogP) is 3.10. The molecule has 4 heterocycles. The summed E-state index contributed by atoms with van der Waals surface area (Å²) >= 11 is 0. The van der Waals surface area contributed by atoms with Gasteiger partial charge in [-0.05, 0) is 63.7 Å². The van der Waals surface area contributed by atoms with E-state index in [1.54, 1.807) is 0 Å². The molecule has 1 atom stereocenters. The monoisotopic (exact) mass is 401 g/mol. The van der Waals surface area contributed by atoms with Crippen molar-refractivity contribution in [1.29, 1.82) is 0 Å². The summed E-state index contributed by atoms with van der Waals surface area (Å²) in [7, 11) is 0. The maximum absolute atomic E-state index is 12.8. The fourth-order valence-corrected chi connectivity index (χ4v) is 5.21. The molecule has 0 bridgehead atoms. The second-order valence-corrected chi connectivity index (χ2v) is 8.70. The lowest BCUT2D eigenvalue weighted by Gasteiger charge is -2.47. The first-order valence-electron chi connectivity index (χ1n) is 11.0. The number of rotatable bonds is 2. The van der Waals surface area contributed by atoms with E-state index >= 15 is 0 Å². The van der Waals surface area contributed by atoms with Gasteiger partial charge in [0.1, 0.15) is 13.2 Å². The van der Waals surface area contributed by atoms with Crippen LogP contribution < -0.4 is 14.8 Å². The molecular weight excluding hydrogens is 370 g/mol. The zero-order valence-electron chi connectivity index (χ0n) is 17.0. The molecule has 0 aliphatic carbocycles. The van der Waals surface area contributed by atoms with E-state index in [2.05, 4.69) is 10.2 Å². The van der Waals surface area contributed by atoms with E-state index in [0.29, 0.717) is 25.0 Å². The van der Waals surface area contributed by atoms with Crippen LogP contribution in [0.1, 0.15) is 38.5 Å². The molecule has 5 rings (SSSR count). The van der Waals surface area contributed by atoms with E-state index in [9.17, 15) is 4.79 Å². The highest BCUT2D eigenvalue weighted by molar-refractivity contribution is 5.89. The van der Waals surface area contributed by atoms with Crippen LogP contribution in [0.25, 0.3) is 0 Å². The summed E-state index contributed by atoms with van der Waals surface area (Å²) in [6.07, 6.45) is 6.77. The van der Waals surface area contributed by atoms with E-state index in [1.165, 1.54) is 25.9 Å². The average Bonchev–Trinajstić information content (AvgIpc) is 3.29. The summed E-state index contributed by atoms with van der Waals surface area (Å²) in [6, 6.07) is 6.15. The maximum Gasteiger partial charge on any atom is 0.321 e. The molecule has 3 fully saturated rings. The Balaban J connectivity index is 1.16. The Hall–Kier alpha value is -1.99. The van der Waals surface area contributed by atoms with Crippen molar-refractivity contribution in [1.82, 2.24) is 9.80 Å². The Morgan fingerprint density at radius 2 is 1.76 bits per heavy atom. The molecule has 0 aromatic heterocycles. The molecule has 158 valence electrons. The van der Waals surface area contributed by atoms with E-state index < -0.39 is 0 Å². The fourth-order valence-electron chi connectivity index (χ4n) is 5.21. The normalized spacial score (nSPS) is 26.5. The molecule has 1 unspecified atom stereocenters. The molecule has 4 aliphatic rings. The summed E-state index contributed by atoms with van der Waals surface area (Å²) < 4.78 is 17.4. The third-order valence-corrected chi connectivity index (χ3v) is 6.88. The number of likely N-dealkylation sites (tertiary alicyclic amines) is 2. The predicted molar refractivity (Wildman–Crippen MR) is 110 cm³/mol.